The summed E-state index contributed by atoms with van der Waals surface area (Å²) in [6, 6.07) is 58.8. The molecule has 1 nitrogen and oxygen atoms in total. The van der Waals surface area contributed by atoms with Crippen molar-refractivity contribution in [3.8, 4) is 61.6 Å². The minimum absolute atomic E-state index is 0.0698. The molecule has 0 N–H and O–H groups in total. The van der Waals surface area contributed by atoms with Gasteiger partial charge in [0.1, 0.15) is 0 Å². The van der Waals surface area contributed by atoms with Crippen LogP contribution in [0.4, 0.5) is 0 Å². The van der Waals surface area contributed by atoms with E-state index < -0.39 is 0 Å². The van der Waals surface area contributed by atoms with Gasteiger partial charge in [-0.25, -0.2) is 0 Å². The van der Waals surface area contributed by atoms with Crippen LogP contribution in [0.1, 0.15) is 173 Å². The molecule has 0 unspecified atom stereocenters. The van der Waals surface area contributed by atoms with Crippen LogP contribution < -0.4 is 4.57 Å². The molecule has 8 saturated carbocycles. The van der Waals surface area contributed by atoms with E-state index in [1.54, 1.807) is 11.1 Å². The number of hydrogen-bond acceptors (Lipinski definition) is 0. The van der Waals surface area contributed by atoms with Gasteiger partial charge >= 0.3 is 0 Å². The largest absolute Gasteiger partial charge is 0.219 e. The Kier molecular flexibility index (Phi) is 11.6. The lowest BCUT2D eigenvalue weighted by Gasteiger charge is -2.57. The van der Waals surface area contributed by atoms with E-state index in [9.17, 15) is 0 Å². The van der Waals surface area contributed by atoms with Gasteiger partial charge < -0.3 is 0 Å². The Morgan fingerprint density at radius 3 is 0.907 bits per heavy atom. The highest BCUT2D eigenvalue weighted by Crippen LogP contribution is 2.62. The molecule has 6 aromatic carbocycles. The Morgan fingerprint density at radius 1 is 0.333 bits per heavy atom. The van der Waals surface area contributed by atoms with Crippen molar-refractivity contribution in [2.24, 2.45) is 35.5 Å². The minimum Gasteiger partial charge on any atom is -0.153 e. The standard InChI is InChI=1S/C74H84N/c1-47-66(55-13-23-61(24-14-55)71(5,6)7)39-65(40-67(47)56-15-25-62(26-16-56)72(8,9)10)75-68(57-17-27-63(28-18-57)73-41-48-31-49(42-73)33-50(32-48)43-73)37-59(54-11-21-60(22-12-54)70(2,3)4)38-69(75)58-19-29-64(30-20-58)74-44-51-34-52(45-74)36-53(35-51)46-74/h11-30,37-40,48-53H,31-36,41-46H2,1-10H3/q+1. The normalized spacial score (nSPS) is 26.8. The monoisotopic (exact) mass is 987 g/mol. The number of aromatic nitrogens is 1. The van der Waals surface area contributed by atoms with E-state index in [0.717, 1.165) is 35.5 Å². The molecule has 1 aromatic heterocycles. The summed E-state index contributed by atoms with van der Waals surface area (Å²) in [6.07, 6.45) is 17.1. The molecule has 8 aliphatic rings. The number of benzene rings is 6. The second-order valence-electron chi connectivity index (χ2n) is 29.0. The van der Waals surface area contributed by atoms with E-state index in [2.05, 4.69) is 219 Å². The summed E-state index contributed by atoms with van der Waals surface area (Å²) in [5.41, 5.74) is 23.3. The van der Waals surface area contributed by atoms with Gasteiger partial charge in [0.2, 0.25) is 17.1 Å². The molecular weight excluding hydrogens is 903 g/mol. The molecule has 0 aliphatic heterocycles. The molecule has 8 fully saturated rings. The highest BCUT2D eigenvalue weighted by Gasteiger charge is 2.53. The van der Waals surface area contributed by atoms with Gasteiger partial charge in [0.25, 0.3) is 0 Å². The maximum atomic E-state index is 2.66. The van der Waals surface area contributed by atoms with Crippen molar-refractivity contribution in [2.45, 2.75) is 173 Å². The Bertz CT molecular complexity index is 3010. The predicted octanol–water partition coefficient (Wildman–Crippen LogP) is 19.4. The third-order valence-corrected chi connectivity index (χ3v) is 20.6. The highest BCUT2D eigenvalue weighted by atomic mass is 15.0. The average molecular weight is 987 g/mol. The maximum absolute atomic E-state index is 2.66. The second-order valence-corrected chi connectivity index (χ2v) is 29.0. The molecule has 8 bridgehead atoms. The predicted molar refractivity (Wildman–Crippen MR) is 316 cm³/mol. The van der Waals surface area contributed by atoms with Crippen LogP contribution in [0.25, 0.3) is 61.6 Å². The van der Waals surface area contributed by atoms with Crippen molar-refractivity contribution in [2.75, 3.05) is 0 Å². The lowest BCUT2D eigenvalue weighted by atomic mass is 9.48. The van der Waals surface area contributed by atoms with Crippen LogP contribution in [0.3, 0.4) is 0 Å². The van der Waals surface area contributed by atoms with Gasteiger partial charge in [0.15, 0.2) is 0 Å². The molecular formula is C74H84N+. The molecule has 0 saturated heterocycles. The van der Waals surface area contributed by atoms with Gasteiger partial charge in [-0.1, -0.05) is 159 Å². The highest BCUT2D eigenvalue weighted by molar-refractivity contribution is 5.82. The van der Waals surface area contributed by atoms with E-state index in [-0.39, 0.29) is 16.2 Å². The van der Waals surface area contributed by atoms with E-state index in [0.29, 0.717) is 10.8 Å². The van der Waals surface area contributed by atoms with Crippen molar-refractivity contribution >= 4 is 0 Å². The first-order valence-corrected chi connectivity index (χ1v) is 29.6. The van der Waals surface area contributed by atoms with Crippen LogP contribution in [-0.2, 0) is 27.1 Å². The van der Waals surface area contributed by atoms with Crippen LogP contribution >= 0.6 is 0 Å². The van der Waals surface area contributed by atoms with Gasteiger partial charge in [0.05, 0.1) is 0 Å². The smallest absolute Gasteiger partial charge is 0.153 e. The summed E-state index contributed by atoms with van der Waals surface area (Å²) >= 11 is 0. The number of rotatable bonds is 8. The van der Waals surface area contributed by atoms with Crippen LogP contribution in [0.5, 0.6) is 0 Å². The Labute approximate surface area is 451 Å². The second kappa shape index (κ2) is 17.8. The van der Waals surface area contributed by atoms with Gasteiger partial charge in [-0.2, -0.15) is 4.57 Å². The SMILES string of the molecule is Cc1c(-c2ccc(C(C)(C)C)cc2)cc(-[n+]2c(-c3ccc(C45CC6CC(CC(C6)C4)C5)cc3)cc(-c3ccc(C(C)(C)C)cc3)cc2-c2ccc(C34CC5CC(CC(C5)C3)C4)cc2)cc1-c1ccc(C(C)(C)C)cc1. The zero-order chi connectivity index (χ0) is 51.8. The van der Waals surface area contributed by atoms with E-state index in [4.69, 9.17) is 0 Å². The molecule has 15 rings (SSSR count). The first kappa shape index (κ1) is 49.1. The topological polar surface area (TPSA) is 3.88 Å². The molecule has 0 radical (unpaired) electrons. The third kappa shape index (κ3) is 8.89. The summed E-state index contributed by atoms with van der Waals surface area (Å²) in [5.74, 6) is 5.48. The molecule has 0 atom stereocenters. The molecule has 384 valence electrons. The van der Waals surface area contributed by atoms with Crippen molar-refractivity contribution < 1.29 is 4.57 Å². The Balaban J connectivity index is 1.04. The number of hydrogen-bond donors (Lipinski definition) is 0. The summed E-state index contributed by atoms with van der Waals surface area (Å²) in [7, 11) is 0. The lowest BCUT2D eigenvalue weighted by molar-refractivity contribution is -0.572. The maximum Gasteiger partial charge on any atom is 0.219 e. The zero-order valence-corrected chi connectivity index (χ0v) is 47.3. The lowest BCUT2D eigenvalue weighted by Crippen LogP contribution is -2.48. The van der Waals surface area contributed by atoms with E-state index in [1.165, 1.54) is 161 Å². The molecule has 0 amide bonds. The number of nitrogens with zero attached hydrogens (tertiary/aromatic N) is 1. The van der Waals surface area contributed by atoms with Gasteiger partial charge in [-0.15, -0.1) is 0 Å². The molecule has 1 heterocycles. The fourth-order valence-corrected chi connectivity index (χ4v) is 17.3. The zero-order valence-electron chi connectivity index (χ0n) is 47.3. The molecule has 1 heteroatoms. The van der Waals surface area contributed by atoms with Crippen LogP contribution in [-0.4, -0.2) is 0 Å². The third-order valence-electron chi connectivity index (χ3n) is 20.6. The summed E-state index contributed by atoms with van der Waals surface area (Å²) in [5, 5.41) is 0. The molecule has 7 aromatic rings. The number of pyridine rings is 1. The van der Waals surface area contributed by atoms with E-state index >= 15 is 0 Å². The summed E-state index contributed by atoms with van der Waals surface area (Å²) < 4.78 is 2.66. The van der Waals surface area contributed by atoms with Crippen LogP contribution in [0.2, 0.25) is 0 Å². The van der Waals surface area contributed by atoms with E-state index in [1.807, 2.05) is 0 Å². The Morgan fingerprint density at radius 2 is 0.613 bits per heavy atom. The average Bonchev–Trinajstić information content (AvgIpc) is 3.37. The van der Waals surface area contributed by atoms with Gasteiger partial charge in [-0.05, 0) is 238 Å². The summed E-state index contributed by atoms with van der Waals surface area (Å²) in [6.45, 7) is 23.3. The first-order chi connectivity index (χ1) is 35.8. The van der Waals surface area contributed by atoms with Crippen molar-refractivity contribution in [3.63, 3.8) is 0 Å². The fourth-order valence-electron chi connectivity index (χ4n) is 17.3. The minimum atomic E-state index is 0.0698. The molecule has 75 heavy (non-hydrogen) atoms. The molecule has 8 aliphatic carbocycles. The van der Waals surface area contributed by atoms with Crippen molar-refractivity contribution in [1.29, 1.82) is 0 Å². The van der Waals surface area contributed by atoms with Gasteiger partial charge in [0, 0.05) is 35.4 Å². The first-order valence-electron chi connectivity index (χ1n) is 29.6. The quantitative estimate of drug-likeness (QED) is 0.134. The van der Waals surface area contributed by atoms with Crippen LogP contribution in [0, 0.1) is 42.4 Å². The molecule has 0 spiro atoms. The van der Waals surface area contributed by atoms with Crippen LogP contribution in [0.15, 0.2) is 146 Å². The van der Waals surface area contributed by atoms with Gasteiger partial charge in [-0.3, -0.25) is 0 Å². The van der Waals surface area contributed by atoms with Crippen molar-refractivity contribution in [3.05, 3.63) is 179 Å². The fraction of sp³-hybridized carbons (Fsp3) is 0.446. The Hall–Kier alpha value is -5.53. The summed E-state index contributed by atoms with van der Waals surface area (Å²) in [4.78, 5) is 0. The van der Waals surface area contributed by atoms with Crippen molar-refractivity contribution in [1.82, 2.24) is 0 Å².